The zero-order valence-electron chi connectivity index (χ0n) is 16.9. The number of hydrogen-bond acceptors (Lipinski definition) is 8. The number of fused-ring (bicyclic) bond motifs is 1. The van der Waals surface area contributed by atoms with E-state index in [1.807, 2.05) is 6.92 Å². The maximum absolute atomic E-state index is 12.4. The topological polar surface area (TPSA) is 116 Å². The van der Waals surface area contributed by atoms with E-state index < -0.39 is 15.3 Å². The van der Waals surface area contributed by atoms with Crippen molar-refractivity contribution in [2.24, 2.45) is 0 Å². The molecule has 0 radical (unpaired) electrons. The van der Waals surface area contributed by atoms with Gasteiger partial charge in [0.1, 0.15) is 10.3 Å². The monoisotopic (exact) mass is 449 g/mol. The highest BCUT2D eigenvalue weighted by Gasteiger charge is 2.18. The minimum Gasteiger partial charge on any atom is -0.465 e. The molecule has 0 saturated carbocycles. The normalized spacial score (nSPS) is 12.8. The van der Waals surface area contributed by atoms with Crippen LogP contribution in [0.25, 0.3) is 5.65 Å². The van der Waals surface area contributed by atoms with Crippen LogP contribution in [0, 0.1) is 6.92 Å². The lowest BCUT2D eigenvalue weighted by Gasteiger charge is -2.09. The summed E-state index contributed by atoms with van der Waals surface area (Å²) in [6.45, 7) is 5.88. The van der Waals surface area contributed by atoms with Gasteiger partial charge in [0, 0.05) is 13.0 Å². The molecule has 2 heterocycles. The molecule has 160 valence electrons. The van der Waals surface area contributed by atoms with Crippen molar-refractivity contribution in [3.63, 3.8) is 0 Å². The third-order valence-corrected chi connectivity index (χ3v) is 6.67. The summed E-state index contributed by atoms with van der Waals surface area (Å²) in [5, 5.41) is 12.8. The van der Waals surface area contributed by atoms with Gasteiger partial charge in [-0.2, -0.15) is 9.61 Å². The molecular formula is C19H23N5O4S2. The Morgan fingerprint density at radius 1 is 1.20 bits per heavy atom. The van der Waals surface area contributed by atoms with Crippen LogP contribution in [0.2, 0.25) is 0 Å². The number of aryl methyl sites for hydroxylation is 1. The lowest BCUT2D eigenvalue weighted by molar-refractivity contribution is -0.142. The molecule has 1 aromatic carbocycles. The van der Waals surface area contributed by atoms with E-state index in [0.29, 0.717) is 29.5 Å². The quantitative estimate of drug-likeness (QED) is 0.390. The molecule has 2 aromatic heterocycles. The Morgan fingerprint density at radius 2 is 1.93 bits per heavy atom. The van der Waals surface area contributed by atoms with Gasteiger partial charge < -0.3 is 4.74 Å². The number of ether oxygens (including phenoxy) is 1. The molecule has 0 amide bonds. The molecule has 0 spiro atoms. The van der Waals surface area contributed by atoms with Gasteiger partial charge in [-0.05, 0) is 45.0 Å². The first-order chi connectivity index (χ1) is 14.3. The van der Waals surface area contributed by atoms with Crippen LogP contribution in [0.3, 0.4) is 0 Å². The fourth-order valence-corrected chi connectivity index (χ4v) is 4.46. The Hall–Kier alpha value is -2.50. The van der Waals surface area contributed by atoms with Gasteiger partial charge in [-0.25, -0.2) is 13.1 Å². The molecule has 30 heavy (non-hydrogen) atoms. The molecule has 0 fully saturated rings. The number of sulfonamides is 1. The summed E-state index contributed by atoms with van der Waals surface area (Å²) in [6.07, 6.45) is 0.306. The maximum Gasteiger partial charge on any atom is 0.319 e. The summed E-state index contributed by atoms with van der Waals surface area (Å²) in [5.41, 5.74) is 1.53. The van der Waals surface area contributed by atoms with E-state index in [9.17, 15) is 13.2 Å². The average molecular weight is 450 g/mol. The van der Waals surface area contributed by atoms with Crippen LogP contribution in [-0.4, -0.2) is 52.6 Å². The van der Waals surface area contributed by atoms with Crippen molar-refractivity contribution < 1.29 is 17.9 Å². The van der Waals surface area contributed by atoms with Gasteiger partial charge in [0.25, 0.3) is 0 Å². The third kappa shape index (κ3) is 5.35. The van der Waals surface area contributed by atoms with Crippen LogP contribution in [0.5, 0.6) is 0 Å². The van der Waals surface area contributed by atoms with E-state index in [4.69, 9.17) is 4.74 Å². The van der Waals surface area contributed by atoms with E-state index in [-0.39, 0.29) is 17.4 Å². The Balaban J connectivity index is 1.67. The van der Waals surface area contributed by atoms with Crippen LogP contribution < -0.4 is 4.72 Å². The average Bonchev–Trinajstić information content (AvgIpc) is 3.10. The van der Waals surface area contributed by atoms with Crippen LogP contribution >= 0.6 is 11.8 Å². The summed E-state index contributed by atoms with van der Waals surface area (Å²) < 4.78 is 34.0. The van der Waals surface area contributed by atoms with Crippen LogP contribution in [0.1, 0.15) is 25.2 Å². The van der Waals surface area contributed by atoms with Gasteiger partial charge in [-0.1, -0.05) is 29.5 Å². The van der Waals surface area contributed by atoms with Gasteiger partial charge in [-0.15, -0.1) is 10.2 Å². The predicted molar refractivity (Wildman–Crippen MR) is 113 cm³/mol. The van der Waals surface area contributed by atoms with Crippen molar-refractivity contribution >= 4 is 33.4 Å². The molecule has 0 aliphatic carbocycles. The first-order valence-corrected chi connectivity index (χ1v) is 11.8. The van der Waals surface area contributed by atoms with E-state index in [1.165, 1.54) is 11.8 Å². The number of esters is 1. The third-order valence-electron chi connectivity index (χ3n) is 4.19. The molecule has 0 aliphatic heterocycles. The van der Waals surface area contributed by atoms with E-state index in [2.05, 4.69) is 20.0 Å². The second-order valence-corrected chi connectivity index (χ2v) is 9.66. The van der Waals surface area contributed by atoms with Gasteiger partial charge in [0.2, 0.25) is 10.0 Å². The van der Waals surface area contributed by atoms with Crippen LogP contribution in [-0.2, 0) is 26.0 Å². The highest BCUT2D eigenvalue weighted by molar-refractivity contribution is 8.00. The zero-order chi connectivity index (χ0) is 21.7. The Kier molecular flexibility index (Phi) is 7.06. The summed E-state index contributed by atoms with van der Waals surface area (Å²) in [4.78, 5) is 12.0. The maximum atomic E-state index is 12.4. The molecule has 0 unspecified atom stereocenters. The van der Waals surface area contributed by atoms with Crippen molar-refractivity contribution in [3.05, 3.63) is 47.8 Å². The summed E-state index contributed by atoms with van der Waals surface area (Å²) in [7, 11) is -3.61. The molecule has 0 saturated heterocycles. The molecule has 11 heteroatoms. The molecule has 1 N–H and O–H groups in total. The zero-order valence-corrected chi connectivity index (χ0v) is 18.5. The molecular weight excluding hydrogens is 426 g/mol. The summed E-state index contributed by atoms with van der Waals surface area (Å²) in [6, 6.07) is 10.1. The molecule has 3 rings (SSSR count). The number of nitrogens with zero attached hydrogens (tertiary/aromatic N) is 4. The fraction of sp³-hybridized carbons (Fsp3) is 0.368. The smallest absolute Gasteiger partial charge is 0.319 e. The number of carbonyl (C=O) groups is 1. The van der Waals surface area contributed by atoms with Gasteiger partial charge in [-0.3, -0.25) is 4.79 Å². The van der Waals surface area contributed by atoms with Gasteiger partial charge >= 0.3 is 5.97 Å². The second kappa shape index (κ2) is 9.54. The SMILES string of the molecule is CCOC(=O)[C@H](C)Sc1ccc2nnc(CCNS(=O)(=O)c3ccc(C)cc3)n2n1. The van der Waals surface area contributed by atoms with Crippen LogP contribution in [0.15, 0.2) is 46.3 Å². The first-order valence-electron chi connectivity index (χ1n) is 9.41. The minimum atomic E-state index is -3.61. The van der Waals surface area contributed by atoms with E-state index in [0.717, 1.165) is 5.56 Å². The van der Waals surface area contributed by atoms with Crippen molar-refractivity contribution in [2.75, 3.05) is 13.2 Å². The number of thioether (sulfide) groups is 1. The Morgan fingerprint density at radius 3 is 2.63 bits per heavy atom. The fourth-order valence-electron chi connectivity index (χ4n) is 2.62. The molecule has 9 nitrogen and oxygen atoms in total. The molecule has 3 aromatic rings. The lowest BCUT2D eigenvalue weighted by Crippen LogP contribution is -2.26. The number of rotatable bonds is 9. The van der Waals surface area contributed by atoms with Crippen LogP contribution in [0.4, 0.5) is 0 Å². The predicted octanol–water partition coefficient (Wildman–Crippen LogP) is 2.00. The number of hydrogen-bond donors (Lipinski definition) is 1. The highest BCUT2D eigenvalue weighted by atomic mass is 32.2. The number of benzene rings is 1. The van der Waals surface area contributed by atoms with Crippen molar-refractivity contribution in [1.29, 1.82) is 0 Å². The van der Waals surface area contributed by atoms with E-state index in [1.54, 1.807) is 54.8 Å². The minimum absolute atomic E-state index is 0.148. The number of nitrogens with one attached hydrogen (secondary N) is 1. The lowest BCUT2D eigenvalue weighted by atomic mass is 10.2. The Labute approximate surface area is 179 Å². The highest BCUT2D eigenvalue weighted by Crippen LogP contribution is 2.22. The molecule has 0 aliphatic rings. The largest absolute Gasteiger partial charge is 0.465 e. The standard InChI is InChI=1S/C19H23N5O4S2/c1-4-28-19(25)14(3)29-18-10-9-16-21-22-17(24(16)23-18)11-12-20-30(26,27)15-7-5-13(2)6-8-15/h5-10,14,20H,4,11-12H2,1-3H3/t14-/m0/s1. The Bertz CT molecular complexity index is 1130. The van der Waals surface area contributed by atoms with Crippen molar-refractivity contribution in [3.8, 4) is 0 Å². The number of carbonyl (C=O) groups excluding carboxylic acids is 1. The second-order valence-electron chi connectivity index (χ2n) is 6.53. The summed E-state index contributed by atoms with van der Waals surface area (Å²) >= 11 is 1.27. The van der Waals surface area contributed by atoms with E-state index >= 15 is 0 Å². The van der Waals surface area contributed by atoms with Gasteiger partial charge in [0.05, 0.1) is 11.5 Å². The summed E-state index contributed by atoms with van der Waals surface area (Å²) in [5.74, 6) is 0.210. The molecule has 0 bridgehead atoms. The van der Waals surface area contributed by atoms with Gasteiger partial charge in [0.15, 0.2) is 11.5 Å². The number of aromatic nitrogens is 4. The van der Waals surface area contributed by atoms with Crippen molar-refractivity contribution in [2.45, 2.75) is 42.4 Å². The molecule has 1 atom stereocenters. The first kappa shape index (κ1) is 22.2. The van der Waals surface area contributed by atoms with Crippen molar-refractivity contribution in [1.82, 2.24) is 24.5 Å².